The molecule has 2 aromatic heterocycles. The highest BCUT2D eigenvalue weighted by molar-refractivity contribution is 6.05. The van der Waals surface area contributed by atoms with Gasteiger partial charge >= 0.3 is 0 Å². The third-order valence-electron chi connectivity index (χ3n) is 6.99. The fourth-order valence-electron chi connectivity index (χ4n) is 5.26. The number of rotatable bonds is 5. The molecule has 2 saturated heterocycles. The Morgan fingerprint density at radius 2 is 2.06 bits per heavy atom. The highest BCUT2D eigenvalue weighted by Crippen LogP contribution is 2.31. The number of H-pyrrole nitrogens is 1. The molecule has 174 valence electrons. The van der Waals surface area contributed by atoms with E-state index < -0.39 is 11.9 Å². The first-order valence-electron chi connectivity index (χ1n) is 11.6. The van der Waals surface area contributed by atoms with E-state index in [2.05, 4.69) is 20.2 Å². The van der Waals surface area contributed by atoms with Gasteiger partial charge in [-0.3, -0.25) is 29.6 Å². The lowest BCUT2D eigenvalue weighted by atomic mass is 10.0. The number of nitrogens with one attached hydrogen (secondary N) is 2. The first-order valence-corrected chi connectivity index (χ1v) is 11.6. The first-order chi connectivity index (χ1) is 16.5. The number of hydrogen-bond acceptors (Lipinski definition) is 6. The van der Waals surface area contributed by atoms with Gasteiger partial charge in [0.25, 0.3) is 5.91 Å². The van der Waals surface area contributed by atoms with Gasteiger partial charge in [-0.15, -0.1) is 0 Å². The number of amides is 3. The van der Waals surface area contributed by atoms with Crippen LogP contribution in [0.3, 0.4) is 0 Å². The average molecular weight is 460 g/mol. The molecule has 5 heterocycles. The summed E-state index contributed by atoms with van der Waals surface area (Å²) in [6.45, 7) is 2.98. The second kappa shape index (κ2) is 8.25. The summed E-state index contributed by atoms with van der Waals surface area (Å²) in [5, 5.41) is 3.53. The van der Waals surface area contributed by atoms with Crippen molar-refractivity contribution in [1.82, 2.24) is 25.1 Å². The number of aromatic amines is 1. The Morgan fingerprint density at radius 1 is 1.15 bits per heavy atom. The maximum absolute atomic E-state index is 12.9. The molecule has 6 rings (SSSR count). The summed E-state index contributed by atoms with van der Waals surface area (Å²) in [6, 6.07) is 6.96. The zero-order chi connectivity index (χ0) is 23.2. The van der Waals surface area contributed by atoms with Crippen LogP contribution in [0.4, 0.5) is 0 Å². The number of carbonyl (C=O) groups excluding carboxylic acids is 3. The number of likely N-dealkylation sites (tertiary alicyclic amines) is 1. The maximum Gasteiger partial charge on any atom is 0.255 e. The summed E-state index contributed by atoms with van der Waals surface area (Å²) < 4.78 is 6.28. The maximum atomic E-state index is 12.9. The van der Waals surface area contributed by atoms with E-state index in [9.17, 15) is 14.4 Å². The molecule has 0 bridgehead atoms. The van der Waals surface area contributed by atoms with E-state index in [1.807, 2.05) is 36.8 Å². The van der Waals surface area contributed by atoms with Crippen LogP contribution >= 0.6 is 0 Å². The molecular weight excluding hydrogens is 434 g/mol. The van der Waals surface area contributed by atoms with Gasteiger partial charge < -0.3 is 14.6 Å². The van der Waals surface area contributed by atoms with Crippen LogP contribution in [-0.2, 0) is 22.7 Å². The van der Waals surface area contributed by atoms with Crippen molar-refractivity contribution in [3.63, 3.8) is 0 Å². The third-order valence-corrected chi connectivity index (χ3v) is 6.99. The standard InChI is InChI=1S/C25H25N5O4/c31-23-4-3-22(24(32)28-23)30-13-15-9-17(1-2-20(15)25(30)33)34-18-6-8-29(14-18)12-16-10-27-21-11-26-7-5-19(16)21/h1-2,5,7,9-11,18,22,27H,3-4,6,8,12-14H2,(H,28,31,32). The SMILES string of the molecule is O=C1CCC(N2Cc3cc(OC4CCN(Cc5c[nH]c6cnccc56)C4)ccc3C2=O)C(=O)N1. The predicted molar refractivity (Wildman–Crippen MR) is 123 cm³/mol. The molecule has 3 aliphatic rings. The Morgan fingerprint density at radius 3 is 2.94 bits per heavy atom. The van der Waals surface area contributed by atoms with Crippen molar-refractivity contribution < 1.29 is 19.1 Å². The van der Waals surface area contributed by atoms with E-state index in [1.54, 1.807) is 11.0 Å². The molecular formula is C25H25N5O4. The molecule has 2 fully saturated rings. The van der Waals surface area contributed by atoms with Crippen LogP contribution < -0.4 is 10.1 Å². The van der Waals surface area contributed by atoms with Crippen LogP contribution in [0.2, 0.25) is 0 Å². The molecule has 1 aromatic carbocycles. The largest absolute Gasteiger partial charge is 0.489 e. The number of piperidine rings is 1. The quantitative estimate of drug-likeness (QED) is 0.565. The van der Waals surface area contributed by atoms with Gasteiger partial charge in [-0.1, -0.05) is 0 Å². The Hall–Kier alpha value is -3.72. The number of hydrogen-bond donors (Lipinski definition) is 2. The highest BCUT2D eigenvalue weighted by atomic mass is 16.5. The summed E-state index contributed by atoms with van der Waals surface area (Å²) in [7, 11) is 0. The lowest BCUT2D eigenvalue weighted by molar-refractivity contribution is -0.136. The highest BCUT2D eigenvalue weighted by Gasteiger charge is 2.39. The van der Waals surface area contributed by atoms with Crippen molar-refractivity contribution in [3.8, 4) is 5.75 Å². The fourth-order valence-corrected chi connectivity index (χ4v) is 5.26. The van der Waals surface area contributed by atoms with Crippen LogP contribution in [0.1, 0.15) is 40.7 Å². The molecule has 0 saturated carbocycles. The fraction of sp³-hybridized carbons (Fsp3) is 0.360. The van der Waals surface area contributed by atoms with E-state index >= 15 is 0 Å². The molecule has 0 aliphatic carbocycles. The van der Waals surface area contributed by atoms with Crippen molar-refractivity contribution in [3.05, 3.63) is 59.5 Å². The Kier molecular flexibility index (Phi) is 5.06. The van der Waals surface area contributed by atoms with Crippen LogP contribution in [0, 0.1) is 0 Å². The van der Waals surface area contributed by atoms with E-state index in [0.29, 0.717) is 18.5 Å². The van der Waals surface area contributed by atoms with Gasteiger partial charge in [0.2, 0.25) is 11.8 Å². The van der Waals surface area contributed by atoms with Gasteiger partial charge in [-0.25, -0.2) is 0 Å². The second-order valence-corrected chi connectivity index (χ2v) is 9.22. The summed E-state index contributed by atoms with van der Waals surface area (Å²) >= 11 is 0. The normalized spacial score (nSPS) is 22.9. The molecule has 0 radical (unpaired) electrons. The monoisotopic (exact) mass is 459 g/mol. The molecule has 34 heavy (non-hydrogen) atoms. The van der Waals surface area contributed by atoms with Gasteiger partial charge in [-0.05, 0) is 48.2 Å². The van der Waals surface area contributed by atoms with Gasteiger partial charge in [0.05, 0.1) is 11.7 Å². The number of carbonyl (C=O) groups is 3. The lowest BCUT2D eigenvalue weighted by Crippen LogP contribution is -2.52. The molecule has 3 amide bonds. The van der Waals surface area contributed by atoms with Gasteiger partial charge in [0, 0.05) is 55.9 Å². The van der Waals surface area contributed by atoms with Crippen molar-refractivity contribution in [1.29, 1.82) is 0 Å². The Balaban J connectivity index is 1.10. The number of fused-ring (bicyclic) bond motifs is 2. The minimum absolute atomic E-state index is 0.0771. The second-order valence-electron chi connectivity index (χ2n) is 9.22. The molecule has 3 aromatic rings. The minimum Gasteiger partial charge on any atom is -0.489 e. The van der Waals surface area contributed by atoms with Crippen molar-refractivity contribution >= 4 is 28.6 Å². The zero-order valence-corrected chi connectivity index (χ0v) is 18.6. The van der Waals surface area contributed by atoms with E-state index in [0.717, 1.165) is 42.9 Å². The number of ether oxygens (including phenoxy) is 1. The predicted octanol–water partition coefficient (Wildman–Crippen LogP) is 1.98. The van der Waals surface area contributed by atoms with E-state index in [4.69, 9.17) is 4.74 Å². The number of imide groups is 1. The number of aromatic nitrogens is 2. The summed E-state index contributed by atoms with van der Waals surface area (Å²) in [5.41, 5.74) is 3.75. The van der Waals surface area contributed by atoms with Crippen LogP contribution in [0.5, 0.6) is 5.75 Å². The molecule has 9 nitrogen and oxygen atoms in total. The van der Waals surface area contributed by atoms with Gasteiger partial charge in [0.1, 0.15) is 17.9 Å². The Labute approximate surface area is 196 Å². The van der Waals surface area contributed by atoms with Gasteiger partial charge in [0.15, 0.2) is 0 Å². The van der Waals surface area contributed by atoms with E-state index in [-0.39, 0.29) is 24.3 Å². The minimum atomic E-state index is -0.606. The van der Waals surface area contributed by atoms with Crippen molar-refractivity contribution in [2.24, 2.45) is 0 Å². The number of pyridine rings is 1. The number of benzene rings is 1. The molecule has 0 spiro atoms. The average Bonchev–Trinajstić information content (AvgIpc) is 3.53. The van der Waals surface area contributed by atoms with Crippen LogP contribution in [0.25, 0.3) is 10.9 Å². The topological polar surface area (TPSA) is 108 Å². The zero-order valence-electron chi connectivity index (χ0n) is 18.6. The molecule has 2 N–H and O–H groups in total. The van der Waals surface area contributed by atoms with Crippen molar-refractivity contribution in [2.75, 3.05) is 13.1 Å². The van der Waals surface area contributed by atoms with Gasteiger partial charge in [-0.2, -0.15) is 0 Å². The first kappa shape index (κ1) is 20.9. The molecule has 3 aliphatic heterocycles. The van der Waals surface area contributed by atoms with E-state index in [1.165, 1.54) is 10.9 Å². The number of nitrogens with zero attached hydrogens (tertiary/aromatic N) is 3. The van der Waals surface area contributed by atoms with Crippen LogP contribution in [-0.4, -0.2) is 62.7 Å². The summed E-state index contributed by atoms with van der Waals surface area (Å²) in [5.74, 6) is -0.112. The smallest absolute Gasteiger partial charge is 0.255 e. The molecule has 2 atom stereocenters. The lowest BCUT2D eigenvalue weighted by Gasteiger charge is -2.29. The van der Waals surface area contributed by atoms with Crippen molar-refractivity contribution in [2.45, 2.75) is 44.5 Å². The summed E-state index contributed by atoms with van der Waals surface area (Å²) in [6.07, 6.45) is 7.32. The Bertz CT molecular complexity index is 1300. The molecule has 9 heteroatoms. The third kappa shape index (κ3) is 3.71. The summed E-state index contributed by atoms with van der Waals surface area (Å²) in [4.78, 5) is 48.0. The van der Waals surface area contributed by atoms with Crippen LogP contribution in [0.15, 0.2) is 42.9 Å². The molecule has 2 unspecified atom stereocenters.